The first-order chi connectivity index (χ1) is 12.6. The second-order valence-electron chi connectivity index (χ2n) is 6.55. The van der Waals surface area contributed by atoms with E-state index in [0.717, 1.165) is 12.1 Å². The van der Waals surface area contributed by atoms with E-state index in [9.17, 15) is 0 Å². The highest BCUT2D eigenvalue weighted by Gasteiger charge is 2.44. The van der Waals surface area contributed by atoms with Crippen LogP contribution >= 0.6 is 0 Å². The zero-order valence-corrected chi connectivity index (χ0v) is 18.5. The van der Waals surface area contributed by atoms with E-state index in [-0.39, 0.29) is 0 Å². The molecular weight excluding hydrogens is 356 g/mol. The van der Waals surface area contributed by atoms with Crippen LogP contribution in [0.3, 0.4) is 0 Å². The minimum absolute atomic E-state index is 0.626. The lowest BCUT2D eigenvalue weighted by atomic mass is 10.4. The molecule has 2 aromatic carbocycles. The minimum atomic E-state index is -2.64. The summed E-state index contributed by atoms with van der Waals surface area (Å²) in [5, 5.41) is 2.89. The first-order valence-electron chi connectivity index (χ1n) is 9.63. The highest BCUT2D eigenvalue weighted by Crippen LogP contribution is 2.24. The first-order valence-corrected chi connectivity index (χ1v) is 14.3. The summed E-state index contributed by atoms with van der Waals surface area (Å²) >= 11 is 0. The molecule has 26 heavy (non-hydrogen) atoms. The lowest BCUT2D eigenvalue weighted by Gasteiger charge is -2.34. The van der Waals surface area contributed by atoms with Crippen LogP contribution in [0.5, 0.6) is 0 Å². The molecule has 0 aliphatic heterocycles. The number of hydrogen-bond donors (Lipinski definition) is 0. The van der Waals surface area contributed by atoms with Gasteiger partial charge in [-0.25, -0.2) is 0 Å². The molecule has 0 radical (unpaired) electrons. The number of rotatable bonds is 11. The molecule has 3 nitrogen and oxygen atoms in total. The monoisotopic (exact) mass is 388 g/mol. The second-order valence-corrected chi connectivity index (χ2v) is 13.6. The Morgan fingerprint density at radius 1 is 0.615 bits per heavy atom. The van der Waals surface area contributed by atoms with E-state index >= 15 is 0 Å². The molecule has 0 fully saturated rings. The largest absolute Gasteiger partial charge is 0.500 e. The third kappa shape index (κ3) is 5.14. The van der Waals surface area contributed by atoms with E-state index in [1.165, 1.54) is 10.4 Å². The van der Waals surface area contributed by atoms with Gasteiger partial charge in [-0.2, -0.15) is 0 Å². The van der Waals surface area contributed by atoms with Crippen molar-refractivity contribution in [3.8, 4) is 0 Å². The summed E-state index contributed by atoms with van der Waals surface area (Å²) in [6.07, 6.45) is 0. The Kier molecular flexibility index (Phi) is 8.25. The summed E-state index contributed by atoms with van der Waals surface area (Å²) in [7, 11) is -4.54. The zero-order chi connectivity index (χ0) is 18.9. The lowest BCUT2D eigenvalue weighted by molar-refractivity contribution is 0.0725. The maximum atomic E-state index is 6.09. The molecule has 0 atom stereocenters. The highest BCUT2D eigenvalue weighted by atomic mass is 28.4. The standard InChI is InChI=1S/C21H32O3Si2/c1-5-22-26(23-6-2,24-7-3)19-18-25(4,20-14-10-8-11-15-20)21-16-12-9-13-17-21/h8-17H,5-7,18-19H2,1-4H3. The van der Waals surface area contributed by atoms with E-state index in [1.54, 1.807) is 0 Å². The van der Waals surface area contributed by atoms with Gasteiger partial charge in [0, 0.05) is 25.9 Å². The van der Waals surface area contributed by atoms with Gasteiger partial charge in [-0.05, 0) is 26.8 Å². The molecule has 0 saturated carbocycles. The average Bonchev–Trinajstić information content (AvgIpc) is 2.68. The van der Waals surface area contributed by atoms with Crippen LogP contribution in [-0.2, 0) is 13.3 Å². The van der Waals surface area contributed by atoms with E-state index in [2.05, 4.69) is 67.2 Å². The minimum Gasteiger partial charge on any atom is -0.374 e. The Labute approximate surface area is 160 Å². The van der Waals surface area contributed by atoms with Crippen molar-refractivity contribution < 1.29 is 13.3 Å². The SMILES string of the molecule is CCO[Si](CC[Si](C)(c1ccccc1)c1ccccc1)(OCC)OCC. The van der Waals surface area contributed by atoms with Gasteiger partial charge < -0.3 is 13.3 Å². The maximum absolute atomic E-state index is 6.09. The van der Waals surface area contributed by atoms with Gasteiger partial charge in [0.15, 0.2) is 0 Å². The first kappa shape index (κ1) is 21.1. The predicted octanol–water partition coefficient (Wildman–Crippen LogP) is 3.93. The van der Waals surface area contributed by atoms with E-state index in [0.29, 0.717) is 19.8 Å². The Balaban J connectivity index is 2.35. The van der Waals surface area contributed by atoms with Gasteiger partial charge in [-0.15, -0.1) is 0 Å². The smallest absolute Gasteiger partial charge is 0.374 e. The van der Waals surface area contributed by atoms with Crippen LogP contribution in [0.2, 0.25) is 18.6 Å². The molecule has 0 aliphatic carbocycles. The highest BCUT2D eigenvalue weighted by molar-refractivity contribution is 7.01. The van der Waals surface area contributed by atoms with Crippen LogP contribution in [0, 0.1) is 0 Å². The van der Waals surface area contributed by atoms with Gasteiger partial charge >= 0.3 is 8.80 Å². The number of benzene rings is 2. The van der Waals surface area contributed by atoms with E-state index in [4.69, 9.17) is 13.3 Å². The van der Waals surface area contributed by atoms with Crippen LogP contribution in [0.25, 0.3) is 0 Å². The molecule has 2 rings (SSSR count). The molecular formula is C21H32O3Si2. The van der Waals surface area contributed by atoms with E-state index < -0.39 is 16.9 Å². The van der Waals surface area contributed by atoms with Gasteiger partial charge in [0.1, 0.15) is 8.07 Å². The second kappa shape index (κ2) is 10.2. The topological polar surface area (TPSA) is 27.7 Å². The summed E-state index contributed by atoms with van der Waals surface area (Å²) in [6, 6.07) is 23.7. The van der Waals surface area contributed by atoms with Gasteiger partial charge in [0.2, 0.25) is 0 Å². The molecule has 142 valence electrons. The molecule has 2 aromatic rings. The van der Waals surface area contributed by atoms with Crippen molar-refractivity contribution in [2.24, 2.45) is 0 Å². The van der Waals surface area contributed by atoms with Crippen molar-refractivity contribution in [1.29, 1.82) is 0 Å². The Bertz CT molecular complexity index is 578. The summed E-state index contributed by atoms with van der Waals surface area (Å²) in [5.74, 6) is 0. The fourth-order valence-corrected chi connectivity index (χ4v) is 11.5. The third-order valence-corrected chi connectivity index (χ3v) is 12.9. The van der Waals surface area contributed by atoms with Crippen LogP contribution in [-0.4, -0.2) is 36.7 Å². The van der Waals surface area contributed by atoms with Crippen LogP contribution in [0.15, 0.2) is 60.7 Å². The molecule has 0 unspecified atom stereocenters. The van der Waals surface area contributed by atoms with Crippen LogP contribution in [0.4, 0.5) is 0 Å². The van der Waals surface area contributed by atoms with Crippen molar-refractivity contribution in [3.63, 3.8) is 0 Å². The van der Waals surface area contributed by atoms with Crippen LogP contribution < -0.4 is 10.4 Å². The molecule has 0 spiro atoms. The zero-order valence-electron chi connectivity index (χ0n) is 16.5. The summed E-state index contributed by atoms with van der Waals surface area (Å²) < 4.78 is 18.3. The summed E-state index contributed by atoms with van der Waals surface area (Å²) in [5.41, 5.74) is 0. The van der Waals surface area contributed by atoms with Crippen molar-refractivity contribution in [1.82, 2.24) is 0 Å². The van der Waals surface area contributed by atoms with Crippen molar-refractivity contribution >= 4 is 27.3 Å². The predicted molar refractivity (Wildman–Crippen MR) is 114 cm³/mol. The van der Waals surface area contributed by atoms with Crippen LogP contribution in [0.1, 0.15) is 20.8 Å². The van der Waals surface area contributed by atoms with Gasteiger partial charge in [0.05, 0.1) is 0 Å². The van der Waals surface area contributed by atoms with Gasteiger partial charge in [0.25, 0.3) is 0 Å². The fraction of sp³-hybridized carbons (Fsp3) is 0.429. The Morgan fingerprint density at radius 3 is 1.35 bits per heavy atom. The summed E-state index contributed by atoms with van der Waals surface area (Å²) in [6.45, 7) is 10.4. The molecule has 0 saturated heterocycles. The molecule has 0 heterocycles. The Hall–Kier alpha value is -1.25. The molecule has 0 bridgehead atoms. The average molecular weight is 389 g/mol. The fourth-order valence-electron chi connectivity index (χ4n) is 3.47. The van der Waals surface area contributed by atoms with Crippen molar-refractivity contribution in [2.75, 3.05) is 19.8 Å². The van der Waals surface area contributed by atoms with Crippen molar-refractivity contribution in [2.45, 2.75) is 39.4 Å². The quantitative estimate of drug-likeness (QED) is 0.546. The van der Waals surface area contributed by atoms with Gasteiger partial charge in [-0.1, -0.05) is 77.6 Å². The molecule has 0 N–H and O–H groups in total. The molecule has 0 aliphatic rings. The molecule has 0 amide bonds. The normalized spacial score (nSPS) is 12.3. The van der Waals surface area contributed by atoms with Crippen molar-refractivity contribution in [3.05, 3.63) is 60.7 Å². The number of hydrogen-bond acceptors (Lipinski definition) is 3. The van der Waals surface area contributed by atoms with E-state index in [1.807, 2.05) is 20.8 Å². The lowest BCUT2D eigenvalue weighted by Crippen LogP contribution is -2.57. The third-order valence-electron chi connectivity index (χ3n) is 4.85. The van der Waals surface area contributed by atoms with Gasteiger partial charge in [-0.3, -0.25) is 0 Å². The molecule has 5 heteroatoms. The maximum Gasteiger partial charge on any atom is 0.500 e. The Morgan fingerprint density at radius 2 is 1.00 bits per heavy atom. The summed E-state index contributed by atoms with van der Waals surface area (Å²) in [4.78, 5) is 0. The molecule has 0 aromatic heterocycles.